The summed E-state index contributed by atoms with van der Waals surface area (Å²) in [6, 6.07) is 3.56. The molecule has 5 nitrogen and oxygen atoms in total. The second-order valence-corrected chi connectivity index (χ2v) is 6.49. The van der Waals surface area contributed by atoms with E-state index < -0.39 is 15.8 Å². The van der Waals surface area contributed by atoms with Gasteiger partial charge in [0, 0.05) is 12.1 Å². The molecule has 0 fully saturated rings. The average molecular weight is 333 g/mol. The van der Waals surface area contributed by atoms with Crippen molar-refractivity contribution in [3.63, 3.8) is 0 Å². The first-order chi connectivity index (χ1) is 9.76. The fourth-order valence-corrected chi connectivity index (χ4v) is 3.76. The van der Waals surface area contributed by atoms with E-state index in [0.717, 1.165) is 6.07 Å². The highest BCUT2D eigenvalue weighted by molar-refractivity contribution is 7.92. The molecule has 0 aliphatic rings. The van der Waals surface area contributed by atoms with Crippen LogP contribution in [0.3, 0.4) is 0 Å². The molecular weight excluding hydrogens is 319 g/mol. The van der Waals surface area contributed by atoms with Crippen molar-refractivity contribution in [2.24, 2.45) is 5.73 Å². The van der Waals surface area contributed by atoms with Crippen molar-refractivity contribution in [3.05, 3.63) is 46.1 Å². The summed E-state index contributed by atoms with van der Waals surface area (Å²) in [5.41, 5.74) is 6.14. The zero-order chi connectivity index (χ0) is 15.8. The van der Waals surface area contributed by atoms with E-state index in [0.29, 0.717) is 11.3 Å². The molecule has 0 amide bonds. The van der Waals surface area contributed by atoms with Gasteiger partial charge < -0.3 is 10.2 Å². The number of halogens is 2. The third kappa shape index (κ3) is 3.04. The monoisotopic (exact) mass is 332 g/mol. The summed E-state index contributed by atoms with van der Waals surface area (Å²) < 4.78 is 45.7. The molecule has 114 valence electrons. The molecule has 0 spiro atoms. The third-order valence-corrected chi connectivity index (χ3v) is 4.84. The van der Waals surface area contributed by atoms with E-state index in [-0.39, 0.29) is 27.9 Å². The van der Waals surface area contributed by atoms with E-state index in [1.807, 2.05) is 0 Å². The Bertz CT molecular complexity index is 787. The van der Waals surface area contributed by atoms with Gasteiger partial charge in [0.15, 0.2) is 0 Å². The van der Waals surface area contributed by atoms with Gasteiger partial charge in [-0.15, -0.1) is 0 Å². The minimum Gasteiger partial charge on any atom is -0.465 e. The number of furan rings is 1. The van der Waals surface area contributed by atoms with Gasteiger partial charge in [0.1, 0.15) is 22.2 Å². The average Bonchev–Trinajstić information content (AvgIpc) is 2.68. The van der Waals surface area contributed by atoms with E-state index in [1.165, 1.54) is 12.1 Å². The molecule has 2 aromatic rings. The number of benzene rings is 1. The van der Waals surface area contributed by atoms with Crippen molar-refractivity contribution in [2.75, 3.05) is 4.72 Å². The highest BCUT2D eigenvalue weighted by Crippen LogP contribution is 2.29. The maximum atomic E-state index is 13.1. The molecule has 2 rings (SSSR count). The number of hydrogen-bond acceptors (Lipinski definition) is 4. The summed E-state index contributed by atoms with van der Waals surface area (Å²) in [6.07, 6.45) is 0. The van der Waals surface area contributed by atoms with Gasteiger partial charge in [0.2, 0.25) is 0 Å². The molecule has 0 atom stereocenters. The zero-order valence-electron chi connectivity index (χ0n) is 11.4. The molecule has 21 heavy (non-hydrogen) atoms. The minimum atomic E-state index is -3.90. The van der Waals surface area contributed by atoms with Crippen molar-refractivity contribution < 1.29 is 17.2 Å². The highest BCUT2D eigenvalue weighted by Gasteiger charge is 2.26. The van der Waals surface area contributed by atoms with E-state index in [2.05, 4.69) is 4.72 Å². The fourth-order valence-electron chi connectivity index (χ4n) is 2.06. The van der Waals surface area contributed by atoms with E-state index in [4.69, 9.17) is 21.8 Å². The van der Waals surface area contributed by atoms with Crippen molar-refractivity contribution in [1.82, 2.24) is 0 Å². The highest BCUT2D eigenvalue weighted by atomic mass is 35.5. The van der Waals surface area contributed by atoms with Crippen LogP contribution in [0.25, 0.3) is 0 Å². The molecule has 1 aromatic heterocycles. The smallest absolute Gasteiger partial charge is 0.265 e. The van der Waals surface area contributed by atoms with Crippen LogP contribution in [0.2, 0.25) is 5.02 Å². The topological polar surface area (TPSA) is 85.3 Å². The molecule has 0 saturated heterocycles. The van der Waals surface area contributed by atoms with Crippen LogP contribution < -0.4 is 10.5 Å². The van der Waals surface area contributed by atoms with Crippen LogP contribution in [-0.4, -0.2) is 8.42 Å². The van der Waals surface area contributed by atoms with Crippen molar-refractivity contribution in [3.8, 4) is 0 Å². The summed E-state index contributed by atoms with van der Waals surface area (Å²) >= 11 is 5.63. The normalized spacial score (nSPS) is 11.7. The molecule has 0 saturated carbocycles. The quantitative estimate of drug-likeness (QED) is 0.901. The summed E-state index contributed by atoms with van der Waals surface area (Å²) in [5, 5.41) is -0.172. The number of nitrogens with two attached hydrogens (primary N) is 1. The summed E-state index contributed by atoms with van der Waals surface area (Å²) in [7, 11) is -3.90. The van der Waals surface area contributed by atoms with E-state index in [1.54, 1.807) is 13.8 Å². The number of anilines is 1. The molecule has 1 aromatic carbocycles. The van der Waals surface area contributed by atoms with Crippen LogP contribution in [0, 0.1) is 19.7 Å². The van der Waals surface area contributed by atoms with Gasteiger partial charge in [-0.2, -0.15) is 0 Å². The Morgan fingerprint density at radius 3 is 2.57 bits per heavy atom. The maximum Gasteiger partial charge on any atom is 0.265 e. The van der Waals surface area contributed by atoms with Crippen LogP contribution >= 0.6 is 11.6 Å². The van der Waals surface area contributed by atoms with Crippen molar-refractivity contribution in [2.45, 2.75) is 25.3 Å². The Balaban J connectivity index is 2.45. The van der Waals surface area contributed by atoms with Crippen LogP contribution in [0.15, 0.2) is 27.5 Å². The lowest BCUT2D eigenvalue weighted by molar-refractivity contribution is 0.494. The summed E-state index contributed by atoms with van der Waals surface area (Å²) in [4.78, 5) is 0.00273. The predicted octanol–water partition coefficient (Wildman–Crippen LogP) is 2.95. The first-order valence-corrected chi connectivity index (χ1v) is 7.89. The van der Waals surface area contributed by atoms with Crippen LogP contribution in [-0.2, 0) is 16.6 Å². The summed E-state index contributed by atoms with van der Waals surface area (Å²) in [5.74, 6) is 0.0683. The third-order valence-electron chi connectivity index (χ3n) is 2.97. The molecule has 1 heterocycles. The Morgan fingerprint density at radius 2 is 2.00 bits per heavy atom. The van der Waals surface area contributed by atoms with Gasteiger partial charge in [0.25, 0.3) is 10.0 Å². The Hall–Kier alpha value is -1.57. The van der Waals surface area contributed by atoms with Crippen LogP contribution in [0.1, 0.15) is 17.1 Å². The Morgan fingerprint density at radius 1 is 1.33 bits per heavy atom. The molecular formula is C13H14ClFN2O3S. The number of nitrogens with one attached hydrogen (secondary N) is 1. The zero-order valence-corrected chi connectivity index (χ0v) is 13.0. The number of rotatable bonds is 4. The number of sulfonamides is 1. The Kier molecular flexibility index (Phi) is 4.27. The molecule has 0 radical (unpaired) electrons. The van der Waals surface area contributed by atoms with Crippen molar-refractivity contribution in [1.29, 1.82) is 0 Å². The molecule has 0 aliphatic heterocycles. The van der Waals surface area contributed by atoms with Crippen LogP contribution in [0.5, 0.6) is 0 Å². The Labute approximate surface area is 126 Å². The van der Waals surface area contributed by atoms with E-state index >= 15 is 0 Å². The number of aryl methyl sites for hydroxylation is 2. The SMILES string of the molecule is Cc1oc(C)c(S(=O)(=O)Nc2ccc(F)c(Cl)c2)c1CN. The van der Waals surface area contributed by atoms with Gasteiger partial charge in [-0.3, -0.25) is 4.72 Å². The molecule has 0 bridgehead atoms. The maximum absolute atomic E-state index is 13.1. The van der Waals surface area contributed by atoms with Gasteiger partial charge in [-0.1, -0.05) is 11.6 Å². The summed E-state index contributed by atoms with van der Waals surface area (Å²) in [6.45, 7) is 3.21. The second kappa shape index (κ2) is 5.67. The molecule has 0 unspecified atom stereocenters. The van der Waals surface area contributed by atoms with Crippen LogP contribution in [0.4, 0.5) is 10.1 Å². The predicted molar refractivity (Wildman–Crippen MR) is 78.3 cm³/mol. The lowest BCUT2D eigenvalue weighted by Gasteiger charge is -2.09. The second-order valence-electron chi connectivity index (χ2n) is 4.46. The first kappa shape index (κ1) is 15.8. The lowest BCUT2D eigenvalue weighted by Crippen LogP contribution is -2.16. The van der Waals surface area contributed by atoms with E-state index in [9.17, 15) is 12.8 Å². The largest absolute Gasteiger partial charge is 0.465 e. The van der Waals surface area contributed by atoms with Gasteiger partial charge in [-0.05, 0) is 32.0 Å². The lowest BCUT2D eigenvalue weighted by atomic mass is 10.2. The minimum absolute atomic E-state index is 0.00273. The fraction of sp³-hybridized carbons (Fsp3) is 0.231. The standard InChI is InChI=1S/C13H14ClFN2O3S/c1-7-10(6-16)13(8(2)20-7)21(18,19)17-9-3-4-12(15)11(14)5-9/h3-5,17H,6,16H2,1-2H3. The number of hydrogen-bond donors (Lipinski definition) is 2. The molecule has 8 heteroatoms. The van der Waals surface area contributed by atoms with Gasteiger partial charge in [-0.25, -0.2) is 12.8 Å². The van der Waals surface area contributed by atoms with Gasteiger partial charge in [0.05, 0.1) is 10.7 Å². The first-order valence-electron chi connectivity index (χ1n) is 6.03. The molecule has 0 aliphatic carbocycles. The molecule has 3 N–H and O–H groups in total. The van der Waals surface area contributed by atoms with Gasteiger partial charge >= 0.3 is 0 Å². The van der Waals surface area contributed by atoms with Crippen molar-refractivity contribution >= 4 is 27.3 Å².